The van der Waals surface area contributed by atoms with Crippen LogP contribution in [-0.2, 0) is 4.79 Å². The van der Waals surface area contributed by atoms with Gasteiger partial charge in [-0.1, -0.05) is 65.4 Å². The minimum absolute atomic E-state index is 0.135. The Bertz CT molecular complexity index is 2510. The van der Waals surface area contributed by atoms with Crippen molar-refractivity contribution in [3.8, 4) is 0 Å². The third-order valence-electron chi connectivity index (χ3n) is 8.44. The zero-order valence-electron chi connectivity index (χ0n) is 27.5. The zero-order valence-corrected chi connectivity index (χ0v) is 29.9. The van der Waals surface area contributed by atoms with E-state index in [1.807, 2.05) is 62.4 Å². The maximum Gasteiger partial charge on any atom is 0.283 e. The fraction of sp³-hybridized carbons (Fsp3) is 0.0513. The molecule has 0 spiro atoms. The molecule has 5 aromatic carbocycles. The number of hydrogen-bond acceptors (Lipinski definition) is 10. The van der Waals surface area contributed by atoms with Crippen LogP contribution in [0.2, 0.25) is 0 Å². The van der Waals surface area contributed by atoms with Gasteiger partial charge in [0.1, 0.15) is 0 Å². The van der Waals surface area contributed by atoms with Crippen molar-refractivity contribution in [1.29, 1.82) is 0 Å². The number of thiazole rings is 1. The zero-order chi connectivity index (χ0) is 36.1. The van der Waals surface area contributed by atoms with Crippen LogP contribution in [0.5, 0.6) is 0 Å². The molecule has 1 aromatic heterocycles. The van der Waals surface area contributed by atoms with Gasteiger partial charge in [-0.25, -0.2) is 14.9 Å². The van der Waals surface area contributed by atoms with Crippen LogP contribution >= 0.6 is 34.9 Å². The summed E-state index contributed by atoms with van der Waals surface area (Å²) in [5, 5.41) is 12.8. The maximum atomic E-state index is 13.8. The molecule has 6 aromatic rings. The molecular formula is C39H25N5O5S3. The van der Waals surface area contributed by atoms with Gasteiger partial charge in [0.15, 0.2) is 9.51 Å². The number of nitrogens with zero attached hydrogens (tertiary/aromatic N) is 5. The van der Waals surface area contributed by atoms with E-state index >= 15 is 0 Å². The van der Waals surface area contributed by atoms with Crippen LogP contribution in [0.25, 0.3) is 16.3 Å². The summed E-state index contributed by atoms with van der Waals surface area (Å²) in [6.07, 6.45) is 1.64. The molecule has 0 unspecified atom stereocenters. The van der Waals surface area contributed by atoms with E-state index in [0.29, 0.717) is 58.6 Å². The Labute approximate surface area is 309 Å². The molecule has 0 bridgehead atoms. The number of benzene rings is 5. The van der Waals surface area contributed by atoms with Gasteiger partial charge in [-0.15, -0.1) is 11.3 Å². The normalized spacial score (nSPS) is 15.8. The first-order valence-corrected chi connectivity index (χ1v) is 18.4. The Balaban J connectivity index is 1.07. The van der Waals surface area contributed by atoms with Gasteiger partial charge in [0.2, 0.25) is 0 Å². The molecular weight excluding hydrogens is 715 g/mol. The quantitative estimate of drug-likeness (QED) is 0.0686. The fourth-order valence-electron chi connectivity index (χ4n) is 5.80. The van der Waals surface area contributed by atoms with E-state index in [4.69, 9.17) is 4.99 Å². The van der Waals surface area contributed by atoms with E-state index in [1.54, 1.807) is 65.6 Å². The van der Waals surface area contributed by atoms with Gasteiger partial charge in [-0.2, -0.15) is 0 Å². The van der Waals surface area contributed by atoms with Gasteiger partial charge >= 0.3 is 0 Å². The highest BCUT2D eigenvalue weighted by atomic mass is 32.2. The van der Waals surface area contributed by atoms with Gasteiger partial charge in [0, 0.05) is 6.07 Å². The van der Waals surface area contributed by atoms with E-state index in [9.17, 15) is 24.5 Å². The number of thioether (sulfide) groups is 1. The van der Waals surface area contributed by atoms with Gasteiger partial charge < -0.3 is 0 Å². The summed E-state index contributed by atoms with van der Waals surface area (Å²) in [6.45, 7) is 3.96. The van der Waals surface area contributed by atoms with E-state index in [-0.39, 0.29) is 23.4 Å². The van der Waals surface area contributed by atoms with Crippen molar-refractivity contribution in [3.05, 3.63) is 152 Å². The predicted octanol–water partition coefficient (Wildman–Crippen LogP) is 9.58. The first-order chi connectivity index (χ1) is 25.1. The molecule has 0 N–H and O–H groups in total. The van der Waals surface area contributed by atoms with E-state index in [0.717, 1.165) is 32.5 Å². The van der Waals surface area contributed by atoms with E-state index in [2.05, 4.69) is 4.98 Å². The molecule has 1 fully saturated rings. The maximum absolute atomic E-state index is 13.8. The Hall–Kier alpha value is -5.89. The Morgan fingerprint density at radius 3 is 2.10 bits per heavy atom. The van der Waals surface area contributed by atoms with Crippen LogP contribution in [-0.4, -0.2) is 32.8 Å². The third-order valence-corrected chi connectivity index (χ3v) is 11.5. The van der Waals surface area contributed by atoms with Gasteiger partial charge in [0.25, 0.3) is 23.4 Å². The van der Waals surface area contributed by atoms with Gasteiger partial charge in [-0.05, 0) is 97.9 Å². The van der Waals surface area contributed by atoms with E-state index < -0.39 is 4.92 Å². The lowest BCUT2D eigenvalue weighted by molar-refractivity contribution is -0.387. The number of rotatable bonds is 7. The van der Waals surface area contributed by atoms with Crippen LogP contribution in [0.4, 0.5) is 22.7 Å². The third kappa shape index (κ3) is 6.19. The number of imide groups is 1. The number of aromatic nitrogens is 1. The second-order valence-corrected chi connectivity index (χ2v) is 15.4. The van der Waals surface area contributed by atoms with Crippen LogP contribution in [0.3, 0.4) is 0 Å². The number of nitro benzene ring substituents is 1. The number of anilines is 2. The van der Waals surface area contributed by atoms with Crippen molar-refractivity contribution in [1.82, 2.24) is 4.98 Å². The number of fused-ring (bicyclic) bond motifs is 2. The smallest absolute Gasteiger partial charge is 0.268 e. The first-order valence-electron chi connectivity index (χ1n) is 15.9. The fourth-order valence-corrected chi connectivity index (χ4v) is 8.94. The first kappa shape index (κ1) is 33.3. The van der Waals surface area contributed by atoms with Crippen LogP contribution < -0.4 is 9.80 Å². The molecule has 2 aliphatic rings. The van der Waals surface area contributed by atoms with Crippen molar-refractivity contribution in [2.24, 2.45) is 4.99 Å². The Kier molecular flexibility index (Phi) is 8.53. The summed E-state index contributed by atoms with van der Waals surface area (Å²) < 4.78 is 1.27. The van der Waals surface area contributed by atoms with Crippen molar-refractivity contribution in [2.45, 2.75) is 23.1 Å². The molecule has 3 heterocycles. The lowest BCUT2D eigenvalue weighted by Crippen LogP contribution is -2.29. The van der Waals surface area contributed by atoms with E-state index in [1.165, 1.54) is 29.2 Å². The SMILES string of the molecule is Cc1ccc(N=C2S/C(=C\c3ccc(Sc4nc5ccc(N6C(=O)c7ccccc7C6=O)cc5s4)c([N+](=O)[O-])c3)C(=O)N2c2ccc(C)cc2)cc1. The highest BCUT2D eigenvalue weighted by molar-refractivity contribution is 8.19. The number of aryl methyl sites for hydroxylation is 2. The molecule has 0 atom stereocenters. The molecule has 13 heteroatoms. The number of nitro groups is 1. The summed E-state index contributed by atoms with van der Waals surface area (Å²) in [7, 11) is 0. The molecule has 1 saturated heterocycles. The largest absolute Gasteiger partial charge is 0.283 e. The van der Waals surface area contributed by atoms with Crippen molar-refractivity contribution in [3.63, 3.8) is 0 Å². The topological polar surface area (TPSA) is 126 Å². The lowest BCUT2D eigenvalue weighted by Gasteiger charge is -2.16. The van der Waals surface area contributed by atoms with Crippen LogP contribution in [0, 0.1) is 24.0 Å². The minimum atomic E-state index is -0.454. The standard InChI is InChI=1S/C39H25N5O5S3/c1-22-7-12-25(13-8-22)40-38-43(26-14-9-23(2)10-15-26)37(47)34(50-38)20-24-11-18-32(31(19-24)44(48)49)51-39-41-30-17-16-27(21-33(30)52-39)42-35(45)28-5-3-4-6-29(28)36(42)46/h3-21H,1-2H3/b34-20-,40-38?. The van der Waals surface area contributed by atoms with Crippen molar-refractivity contribution < 1.29 is 19.3 Å². The summed E-state index contributed by atoms with van der Waals surface area (Å²) in [5.74, 6) is -1.06. The summed E-state index contributed by atoms with van der Waals surface area (Å²) in [5.41, 5.74) is 5.64. The summed E-state index contributed by atoms with van der Waals surface area (Å²) >= 11 is 3.66. The average Bonchev–Trinajstić information content (AvgIpc) is 3.76. The Morgan fingerprint density at radius 2 is 1.42 bits per heavy atom. The molecule has 0 saturated carbocycles. The number of aliphatic imine (C=N–C) groups is 1. The van der Waals surface area contributed by atoms with Gasteiger partial charge in [0.05, 0.1) is 53.1 Å². The number of carbonyl (C=O) groups is 3. The average molecular weight is 740 g/mol. The summed E-state index contributed by atoms with van der Waals surface area (Å²) in [6, 6.07) is 31.9. The van der Waals surface area contributed by atoms with Crippen LogP contribution in [0.1, 0.15) is 37.4 Å². The number of amides is 3. The molecule has 3 amide bonds. The molecule has 0 aliphatic carbocycles. The highest BCUT2D eigenvalue weighted by Gasteiger charge is 2.37. The number of carbonyl (C=O) groups excluding carboxylic acids is 3. The number of amidine groups is 1. The molecule has 2 aliphatic heterocycles. The summed E-state index contributed by atoms with van der Waals surface area (Å²) in [4.78, 5) is 64.6. The lowest BCUT2D eigenvalue weighted by atomic mass is 10.1. The molecule has 10 nitrogen and oxygen atoms in total. The molecule has 254 valence electrons. The Morgan fingerprint density at radius 1 is 0.769 bits per heavy atom. The highest BCUT2D eigenvalue weighted by Crippen LogP contribution is 2.42. The second-order valence-electron chi connectivity index (χ2n) is 12.0. The molecule has 0 radical (unpaired) electrons. The van der Waals surface area contributed by atoms with Crippen molar-refractivity contribution in [2.75, 3.05) is 9.80 Å². The van der Waals surface area contributed by atoms with Crippen LogP contribution in [0.15, 0.2) is 128 Å². The van der Waals surface area contributed by atoms with Gasteiger partial charge in [-0.3, -0.25) is 29.4 Å². The molecule has 52 heavy (non-hydrogen) atoms. The minimum Gasteiger partial charge on any atom is -0.268 e. The number of hydrogen-bond donors (Lipinski definition) is 0. The van der Waals surface area contributed by atoms with Crippen molar-refractivity contribution >= 4 is 96.8 Å². The molecule has 8 rings (SSSR count). The second kappa shape index (κ2) is 13.3. The predicted molar refractivity (Wildman–Crippen MR) is 207 cm³/mol. The monoisotopic (exact) mass is 739 g/mol.